The molecule has 15 heavy (non-hydrogen) atoms. The van der Waals surface area contributed by atoms with Gasteiger partial charge in [0.25, 0.3) is 0 Å². The van der Waals surface area contributed by atoms with Gasteiger partial charge in [0.15, 0.2) is 0 Å². The van der Waals surface area contributed by atoms with Gasteiger partial charge in [-0.2, -0.15) is 0 Å². The molecule has 2 unspecified atom stereocenters. The lowest BCUT2D eigenvalue weighted by Gasteiger charge is -2.35. The minimum absolute atomic E-state index is 0.0317. The Balaban J connectivity index is 2.69. The van der Waals surface area contributed by atoms with E-state index in [0.717, 1.165) is 24.8 Å². The first-order valence-corrected chi connectivity index (χ1v) is 5.67. The molecule has 0 heterocycles. The lowest BCUT2D eigenvalue weighted by Crippen LogP contribution is -2.46. The van der Waals surface area contributed by atoms with Crippen LogP contribution in [0.1, 0.15) is 46.5 Å². The Morgan fingerprint density at radius 3 is 2.47 bits per heavy atom. The zero-order valence-electron chi connectivity index (χ0n) is 10.1. The standard InChI is InChI=1S/C12H24N2O/c1-11(2,3)8-12(14,15)9-4-6-10(13)7-5-9/h4,10,15H,5-8,13-14H2,1-3H3. The van der Waals surface area contributed by atoms with E-state index >= 15 is 0 Å². The highest BCUT2D eigenvalue weighted by molar-refractivity contribution is 5.18. The molecule has 0 fully saturated rings. The van der Waals surface area contributed by atoms with Crippen molar-refractivity contribution in [3.8, 4) is 0 Å². The van der Waals surface area contributed by atoms with E-state index in [4.69, 9.17) is 11.5 Å². The van der Waals surface area contributed by atoms with Crippen molar-refractivity contribution in [2.75, 3.05) is 0 Å². The monoisotopic (exact) mass is 212 g/mol. The fourth-order valence-corrected chi connectivity index (χ4v) is 2.17. The van der Waals surface area contributed by atoms with Gasteiger partial charge in [0.05, 0.1) is 0 Å². The van der Waals surface area contributed by atoms with Crippen LogP contribution < -0.4 is 11.5 Å². The minimum Gasteiger partial charge on any atom is -0.372 e. The highest BCUT2D eigenvalue weighted by atomic mass is 16.3. The second-order valence-corrected chi connectivity index (χ2v) is 5.93. The Morgan fingerprint density at radius 1 is 1.47 bits per heavy atom. The van der Waals surface area contributed by atoms with E-state index in [1.54, 1.807) is 0 Å². The minimum atomic E-state index is -1.15. The molecule has 2 atom stereocenters. The van der Waals surface area contributed by atoms with Gasteiger partial charge in [-0.25, -0.2) is 0 Å². The average molecular weight is 212 g/mol. The summed E-state index contributed by atoms with van der Waals surface area (Å²) in [5.41, 5.74) is 11.6. The number of rotatable bonds is 2. The van der Waals surface area contributed by atoms with Gasteiger partial charge in [-0.15, -0.1) is 0 Å². The molecule has 0 saturated carbocycles. The third-order valence-electron chi connectivity index (χ3n) is 2.81. The van der Waals surface area contributed by atoms with Gasteiger partial charge in [0.2, 0.25) is 0 Å². The lowest BCUT2D eigenvalue weighted by molar-refractivity contribution is 0.0369. The predicted molar refractivity (Wildman–Crippen MR) is 63.1 cm³/mol. The van der Waals surface area contributed by atoms with Crippen molar-refractivity contribution >= 4 is 0 Å². The first-order valence-electron chi connectivity index (χ1n) is 5.67. The summed E-state index contributed by atoms with van der Waals surface area (Å²) < 4.78 is 0. The predicted octanol–water partition coefficient (Wildman–Crippen LogP) is 1.51. The Labute approximate surface area is 92.5 Å². The highest BCUT2D eigenvalue weighted by Gasteiger charge is 2.32. The number of aliphatic hydroxyl groups is 1. The molecule has 0 bridgehead atoms. The third kappa shape index (κ3) is 3.93. The highest BCUT2D eigenvalue weighted by Crippen LogP contribution is 2.32. The molecule has 0 amide bonds. The van der Waals surface area contributed by atoms with Crippen LogP contribution in [0.3, 0.4) is 0 Å². The van der Waals surface area contributed by atoms with Crippen LogP contribution in [0.5, 0.6) is 0 Å². The molecule has 0 spiro atoms. The van der Waals surface area contributed by atoms with Crippen molar-refractivity contribution in [3.63, 3.8) is 0 Å². The van der Waals surface area contributed by atoms with Gasteiger partial charge >= 0.3 is 0 Å². The van der Waals surface area contributed by atoms with Gasteiger partial charge in [-0.05, 0) is 36.7 Å². The first-order chi connectivity index (χ1) is 6.71. The fourth-order valence-electron chi connectivity index (χ4n) is 2.17. The van der Waals surface area contributed by atoms with E-state index in [9.17, 15) is 5.11 Å². The van der Waals surface area contributed by atoms with Gasteiger partial charge in [-0.3, -0.25) is 0 Å². The molecule has 3 nitrogen and oxygen atoms in total. The molecule has 0 radical (unpaired) electrons. The van der Waals surface area contributed by atoms with Crippen LogP contribution in [0, 0.1) is 5.41 Å². The molecule has 3 heteroatoms. The van der Waals surface area contributed by atoms with E-state index in [-0.39, 0.29) is 11.5 Å². The zero-order chi connectivity index (χ0) is 11.7. The van der Waals surface area contributed by atoms with Crippen LogP contribution in [0.15, 0.2) is 11.6 Å². The van der Waals surface area contributed by atoms with Crippen molar-refractivity contribution in [1.29, 1.82) is 0 Å². The molecule has 5 N–H and O–H groups in total. The molecule has 1 aliphatic carbocycles. The third-order valence-corrected chi connectivity index (χ3v) is 2.81. The number of nitrogens with two attached hydrogens (primary N) is 2. The maximum atomic E-state index is 10.2. The molecule has 0 aromatic heterocycles. The SMILES string of the molecule is CC(C)(C)CC(N)(O)C1=CCC(N)CC1. The van der Waals surface area contributed by atoms with E-state index in [2.05, 4.69) is 20.8 Å². The normalized spacial score (nSPS) is 27.1. The Hall–Kier alpha value is -0.380. The smallest absolute Gasteiger partial charge is 0.136 e. The van der Waals surface area contributed by atoms with Gasteiger partial charge in [0.1, 0.15) is 5.72 Å². The van der Waals surface area contributed by atoms with E-state index < -0.39 is 5.72 Å². The quantitative estimate of drug-likeness (QED) is 0.480. The molecule has 1 rings (SSSR count). The summed E-state index contributed by atoms with van der Waals surface area (Å²) in [6.07, 6.45) is 5.18. The molecular formula is C12H24N2O. The summed E-state index contributed by atoms with van der Waals surface area (Å²) in [7, 11) is 0. The van der Waals surface area contributed by atoms with Crippen LogP contribution in [0.25, 0.3) is 0 Å². The fraction of sp³-hybridized carbons (Fsp3) is 0.833. The molecule has 88 valence electrons. The van der Waals surface area contributed by atoms with E-state index in [1.807, 2.05) is 6.08 Å². The Morgan fingerprint density at radius 2 is 2.07 bits per heavy atom. The van der Waals surface area contributed by atoms with Gasteiger partial charge in [0, 0.05) is 6.04 Å². The molecule has 0 aromatic rings. The Bertz CT molecular complexity index is 251. The van der Waals surface area contributed by atoms with Crippen molar-refractivity contribution in [2.45, 2.75) is 58.2 Å². The van der Waals surface area contributed by atoms with Crippen molar-refractivity contribution in [3.05, 3.63) is 11.6 Å². The second-order valence-electron chi connectivity index (χ2n) is 5.93. The first kappa shape index (κ1) is 12.7. The Kier molecular flexibility index (Phi) is 3.59. The van der Waals surface area contributed by atoms with Gasteiger partial charge in [-0.1, -0.05) is 26.8 Å². The average Bonchev–Trinajstić information content (AvgIpc) is 2.00. The van der Waals surface area contributed by atoms with Crippen LogP contribution in [0.2, 0.25) is 0 Å². The maximum absolute atomic E-state index is 10.2. The molecule has 0 aromatic carbocycles. The molecule has 1 aliphatic rings. The van der Waals surface area contributed by atoms with E-state index in [1.165, 1.54) is 0 Å². The summed E-state index contributed by atoms with van der Waals surface area (Å²) in [6.45, 7) is 6.25. The lowest BCUT2D eigenvalue weighted by atomic mass is 9.80. The number of hydrogen-bond donors (Lipinski definition) is 3. The summed E-state index contributed by atoms with van der Waals surface area (Å²) in [6, 6.07) is 0.235. The topological polar surface area (TPSA) is 72.3 Å². The van der Waals surface area contributed by atoms with Crippen LogP contribution >= 0.6 is 0 Å². The second kappa shape index (κ2) is 4.24. The van der Waals surface area contributed by atoms with Crippen LogP contribution in [0.4, 0.5) is 0 Å². The van der Waals surface area contributed by atoms with Crippen molar-refractivity contribution in [2.24, 2.45) is 16.9 Å². The summed E-state index contributed by atoms with van der Waals surface area (Å²) >= 11 is 0. The molecular weight excluding hydrogens is 188 g/mol. The maximum Gasteiger partial charge on any atom is 0.136 e. The largest absolute Gasteiger partial charge is 0.372 e. The zero-order valence-corrected chi connectivity index (χ0v) is 10.1. The summed E-state index contributed by atoms with van der Waals surface area (Å²) in [5, 5.41) is 10.2. The van der Waals surface area contributed by atoms with Crippen LogP contribution in [-0.2, 0) is 0 Å². The summed E-state index contributed by atoms with van der Waals surface area (Å²) in [4.78, 5) is 0. The van der Waals surface area contributed by atoms with Crippen LogP contribution in [-0.4, -0.2) is 16.9 Å². The summed E-state index contributed by atoms with van der Waals surface area (Å²) in [5.74, 6) is 0. The van der Waals surface area contributed by atoms with Crippen molar-refractivity contribution in [1.82, 2.24) is 0 Å². The number of hydrogen-bond acceptors (Lipinski definition) is 3. The molecule has 0 saturated heterocycles. The van der Waals surface area contributed by atoms with Gasteiger partial charge < -0.3 is 16.6 Å². The molecule has 0 aliphatic heterocycles. The van der Waals surface area contributed by atoms with E-state index in [0.29, 0.717) is 6.42 Å². The van der Waals surface area contributed by atoms with Crippen molar-refractivity contribution < 1.29 is 5.11 Å².